The highest BCUT2D eigenvalue weighted by atomic mass is 32.2. The fraction of sp³-hybridized carbons (Fsp3) is 0.476. The standard InChI is InChI=1S/C21H29N3O3S/c1-15-13-20(16(2)12-19(15)27-4)28(25,26)23-17-10-11-21(22-14-17)24(3)18-8-6-5-7-9-18/h10-14,18,23H,5-9H2,1-4H3. The highest BCUT2D eigenvalue weighted by molar-refractivity contribution is 7.92. The number of methoxy groups -OCH3 is 1. The van der Waals surface area contributed by atoms with E-state index in [1.807, 2.05) is 13.0 Å². The van der Waals surface area contributed by atoms with Gasteiger partial charge in [0, 0.05) is 13.1 Å². The van der Waals surface area contributed by atoms with E-state index >= 15 is 0 Å². The summed E-state index contributed by atoms with van der Waals surface area (Å²) < 4.78 is 33.6. The van der Waals surface area contributed by atoms with E-state index in [1.54, 1.807) is 38.4 Å². The van der Waals surface area contributed by atoms with Gasteiger partial charge in [0.15, 0.2) is 0 Å². The van der Waals surface area contributed by atoms with Crippen LogP contribution in [0.4, 0.5) is 11.5 Å². The zero-order valence-electron chi connectivity index (χ0n) is 17.0. The maximum atomic E-state index is 12.9. The molecule has 152 valence electrons. The Morgan fingerprint density at radius 2 is 1.82 bits per heavy atom. The van der Waals surface area contributed by atoms with Crippen molar-refractivity contribution in [2.45, 2.75) is 56.9 Å². The van der Waals surface area contributed by atoms with Crippen LogP contribution in [0.15, 0.2) is 35.4 Å². The van der Waals surface area contributed by atoms with Gasteiger partial charge < -0.3 is 9.64 Å². The van der Waals surface area contributed by atoms with Crippen LogP contribution in [0.25, 0.3) is 0 Å². The van der Waals surface area contributed by atoms with Crippen LogP contribution in [0.1, 0.15) is 43.2 Å². The Morgan fingerprint density at radius 3 is 2.43 bits per heavy atom. The molecule has 1 N–H and O–H groups in total. The van der Waals surface area contributed by atoms with Crippen molar-refractivity contribution in [2.75, 3.05) is 23.8 Å². The lowest BCUT2D eigenvalue weighted by Crippen LogP contribution is -2.33. The summed E-state index contributed by atoms with van der Waals surface area (Å²) >= 11 is 0. The Hall–Kier alpha value is -2.28. The number of aromatic nitrogens is 1. The maximum absolute atomic E-state index is 12.9. The molecule has 0 saturated heterocycles. The Morgan fingerprint density at radius 1 is 1.11 bits per heavy atom. The van der Waals surface area contributed by atoms with Gasteiger partial charge in [0.25, 0.3) is 10.0 Å². The predicted molar refractivity (Wildman–Crippen MR) is 113 cm³/mol. The third kappa shape index (κ3) is 4.41. The van der Waals surface area contributed by atoms with Gasteiger partial charge in [0.1, 0.15) is 11.6 Å². The molecule has 1 fully saturated rings. The van der Waals surface area contributed by atoms with Crippen LogP contribution in [0.2, 0.25) is 0 Å². The molecule has 3 rings (SSSR count). The number of pyridine rings is 1. The minimum Gasteiger partial charge on any atom is -0.496 e. The topological polar surface area (TPSA) is 71.5 Å². The summed E-state index contributed by atoms with van der Waals surface area (Å²) in [5.74, 6) is 1.54. The lowest BCUT2D eigenvalue weighted by molar-refractivity contribution is 0.411. The van der Waals surface area contributed by atoms with Crippen molar-refractivity contribution >= 4 is 21.5 Å². The van der Waals surface area contributed by atoms with Gasteiger partial charge in [0.05, 0.1) is 23.9 Å². The van der Waals surface area contributed by atoms with E-state index in [2.05, 4.69) is 21.7 Å². The second kappa shape index (κ2) is 8.39. The number of hydrogen-bond donors (Lipinski definition) is 1. The summed E-state index contributed by atoms with van der Waals surface area (Å²) in [6, 6.07) is 7.52. The van der Waals surface area contributed by atoms with E-state index in [9.17, 15) is 8.42 Å². The van der Waals surface area contributed by atoms with Gasteiger partial charge in [-0.3, -0.25) is 4.72 Å². The Labute approximate surface area is 168 Å². The second-order valence-electron chi connectivity index (χ2n) is 7.50. The molecule has 1 saturated carbocycles. The van der Waals surface area contributed by atoms with Crippen molar-refractivity contribution in [1.29, 1.82) is 0 Å². The number of benzene rings is 1. The van der Waals surface area contributed by atoms with Gasteiger partial charge in [0.2, 0.25) is 0 Å². The molecule has 0 radical (unpaired) electrons. The van der Waals surface area contributed by atoms with Crippen molar-refractivity contribution in [3.63, 3.8) is 0 Å². The van der Waals surface area contributed by atoms with Crippen LogP contribution >= 0.6 is 0 Å². The zero-order chi connectivity index (χ0) is 20.3. The molecule has 2 aromatic rings. The SMILES string of the molecule is COc1cc(C)c(S(=O)(=O)Nc2ccc(N(C)C3CCCCC3)nc2)cc1C. The molecule has 0 aliphatic heterocycles. The van der Waals surface area contributed by atoms with E-state index in [1.165, 1.54) is 32.1 Å². The van der Waals surface area contributed by atoms with E-state index in [0.29, 0.717) is 23.0 Å². The lowest BCUT2D eigenvalue weighted by Gasteiger charge is -2.32. The molecule has 0 atom stereocenters. The van der Waals surface area contributed by atoms with Crippen LogP contribution in [0.5, 0.6) is 5.75 Å². The average molecular weight is 404 g/mol. The molecule has 1 aliphatic rings. The number of sulfonamides is 1. The Bertz CT molecular complexity index is 921. The van der Waals surface area contributed by atoms with Gasteiger partial charge in [-0.25, -0.2) is 13.4 Å². The number of nitrogens with zero attached hydrogens (tertiary/aromatic N) is 2. The van der Waals surface area contributed by atoms with E-state index in [0.717, 1.165) is 11.4 Å². The van der Waals surface area contributed by atoms with E-state index in [4.69, 9.17) is 4.74 Å². The van der Waals surface area contributed by atoms with Crippen LogP contribution in [0.3, 0.4) is 0 Å². The van der Waals surface area contributed by atoms with Crippen molar-refractivity contribution in [3.05, 3.63) is 41.6 Å². The number of aryl methyl sites for hydroxylation is 2. The minimum atomic E-state index is -3.70. The lowest BCUT2D eigenvalue weighted by atomic mass is 9.94. The molecule has 7 heteroatoms. The molecule has 1 aromatic heterocycles. The van der Waals surface area contributed by atoms with Crippen LogP contribution in [0, 0.1) is 13.8 Å². The van der Waals surface area contributed by atoms with Gasteiger partial charge in [-0.05, 0) is 62.1 Å². The normalized spacial score (nSPS) is 15.3. The number of ether oxygens (including phenoxy) is 1. The number of hydrogen-bond acceptors (Lipinski definition) is 5. The highest BCUT2D eigenvalue weighted by Gasteiger charge is 2.21. The monoisotopic (exact) mass is 403 g/mol. The third-order valence-electron chi connectivity index (χ3n) is 5.47. The smallest absolute Gasteiger partial charge is 0.262 e. The molecule has 0 unspecified atom stereocenters. The molecule has 1 aliphatic carbocycles. The molecular weight excluding hydrogens is 374 g/mol. The number of nitrogens with one attached hydrogen (secondary N) is 1. The molecule has 1 aromatic carbocycles. The molecule has 0 spiro atoms. The Kier molecular flexibility index (Phi) is 6.13. The molecular formula is C21H29N3O3S. The molecule has 1 heterocycles. The van der Waals surface area contributed by atoms with Gasteiger partial charge >= 0.3 is 0 Å². The van der Waals surface area contributed by atoms with Crippen molar-refractivity contribution in [1.82, 2.24) is 4.98 Å². The summed E-state index contributed by atoms with van der Waals surface area (Å²) in [4.78, 5) is 6.93. The summed E-state index contributed by atoms with van der Waals surface area (Å²) in [5.41, 5.74) is 1.86. The Balaban J connectivity index is 1.77. The first-order chi connectivity index (χ1) is 13.3. The van der Waals surface area contributed by atoms with Crippen molar-refractivity contribution in [3.8, 4) is 5.75 Å². The van der Waals surface area contributed by atoms with E-state index in [-0.39, 0.29) is 4.90 Å². The third-order valence-corrected chi connectivity index (χ3v) is 6.99. The quantitative estimate of drug-likeness (QED) is 0.780. The van der Waals surface area contributed by atoms with Crippen molar-refractivity contribution < 1.29 is 13.2 Å². The predicted octanol–water partition coefficient (Wildman–Crippen LogP) is 4.28. The van der Waals surface area contributed by atoms with Crippen molar-refractivity contribution in [2.24, 2.45) is 0 Å². The molecule has 28 heavy (non-hydrogen) atoms. The minimum absolute atomic E-state index is 0.245. The first-order valence-corrected chi connectivity index (χ1v) is 11.2. The fourth-order valence-electron chi connectivity index (χ4n) is 3.79. The first kappa shape index (κ1) is 20.5. The first-order valence-electron chi connectivity index (χ1n) is 9.69. The van der Waals surface area contributed by atoms with Crippen LogP contribution < -0.4 is 14.4 Å². The summed E-state index contributed by atoms with van der Waals surface area (Å²) in [5, 5.41) is 0. The van der Waals surface area contributed by atoms with Crippen LogP contribution in [-0.2, 0) is 10.0 Å². The number of rotatable bonds is 6. The highest BCUT2D eigenvalue weighted by Crippen LogP contribution is 2.28. The summed E-state index contributed by atoms with van der Waals surface area (Å²) in [7, 11) is -0.0679. The maximum Gasteiger partial charge on any atom is 0.262 e. The van der Waals surface area contributed by atoms with Gasteiger partial charge in [-0.15, -0.1) is 0 Å². The van der Waals surface area contributed by atoms with E-state index < -0.39 is 10.0 Å². The fourth-order valence-corrected chi connectivity index (χ4v) is 5.15. The number of anilines is 2. The van der Waals surface area contributed by atoms with Gasteiger partial charge in [-0.1, -0.05) is 19.3 Å². The molecule has 0 amide bonds. The summed E-state index contributed by atoms with van der Waals surface area (Å²) in [6.45, 7) is 3.59. The zero-order valence-corrected chi connectivity index (χ0v) is 17.8. The van der Waals surface area contributed by atoms with Crippen LogP contribution in [-0.4, -0.2) is 33.6 Å². The van der Waals surface area contributed by atoms with Gasteiger partial charge in [-0.2, -0.15) is 0 Å². The molecule has 0 bridgehead atoms. The molecule has 6 nitrogen and oxygen atoms in total. The summed E-state index contributed by atoms with van der Waals surface area (Å²) in [6.07, 6.45) is 7.77. The second-order valence-corrected chi connectivity index (χ2v) is 9.15. The largest absolute Gasteiger partial charge is 0.496 e. The average Bonchev–Trinajstić information content (AvgIpc) is 2.69.